The van der Waals surface area contributed by atoms with Crippen molar-refractivity contribution in [3.05, 3.63) is 59.2 Å². The molecule has 104 valence electrons. The molecule has 1 aliphatic rings. The van der Waals surface area contributed by atoms with Crippen LogP contribution < -0.4 is 0 Å². The van der Waals surface area contributed by atoms with Gasteiger partial charge in [-0.05, 0) is 24.3 Å². The van der Waals surface area contributed by atoms with Crippen LogP contribution in [0.2, 0.25) is 0 Å². The standard InChI is InChI=1S/C17H8N2O2S/c18-8-9-5-6-12-11(7-9)16(20)15(19-12)14-10-3-1-2-4-13(10)22-17(14)21/h1-7,21H. The number of carbonyl (C=O) groups excluding carboxylic acids is 1. The first kappa shape index (κ1) is 12.7. The molecule has 0 atom stereocenters. The highest BCUT2D eigenvalue weighted by Crippen LogP contribution is 2.40. The summed E-state index contributed by atoms with van der Waals surface area (Å²) >= 11 is 1.22. The summed E-state index contributed by atoms with van der Waals surface area (Å²) < 4.78 is 0.902. The largest absolute Gasteiger partial charge is 0.499 e. The molecule has 0 saturated carbocycles. The predicted molar refractivity (Wildman–Crippen MR) is 85.2 cm³/mol. The molecule has 0 fully saturated rings. The van der Waals surface area contributed by atoms with Gasteiger partial charge in [0.2, 0.25) is 5.78 Å². The monoisotopic (exact) mass is 304 g/mol. The maximum absolute atomic E-state index is 12.6. The third-order valence-corrected chi connectivity index (χ3v) is 4.60. The highest BCUT2D eigenvalue weighted by atomic mass is 32.1. The van der Waals surface area contributed by atoms with E-state index in [1.165, 1.54) is 11.3 Å². The molecule has 2 heterocycles. The third kappa shape index (κ3) is 1.68. The van der Waals surface area contributed by atoms with Gasteiger partial charge in [-0.2, -0.15) is 5.26 Å². The molecule has 0 unspecified atom stereocenters. The van der Waals surface area contributed by atoms with Crippen LogP contribution in [0.4, 0.5) is 5.69 Å². The van der Waals surface area contributed by atoms with Gasteiger partial charge in [-0.1, -0.05) is 29.5 Å². The van der Waals surface area contributed by atoms with Gasteiger partial charge < -0.3 is 5.11 Å². The van der Waals surface area contributed by atoms with Crippen molar-refractivity contribution >= 4 is 38.6 Å². The number of hydrogen-bond acceptors (Lipinski definition) is 5. The van der Waals surface area contributed by atoms with Crippen LogP contribution in [0.5, 0.6) is 5.06 Å². The second-order valence-electron chi connectivity index (χ2n) is 4.91. The van der Waals surface area contributed by atoms with Crippen LogP contribution in [0.25, 0.3) is 10.1 Å². The van der Waals surface area contributed by atoms with E-state index in [1.54, 1.807) is 18.2 Å². The minimum Gasteiger partial charge on any atom is -0.499 e. The molecule has 22 heavy (non-hydrogen) atoms. The highest BCUT2D eigenvalue weighted by Gasteiger charge is 2.30. The Morgan fingerprint density at radius 1 is 1.18 bits per heavy atom. The second kappa shape index (κ2) is 4.52. The van der Waals surface area contributed by atoms with E-state index in [1.807, 2.05) is 30.3 Å². The van der Waals surface area contributed by atoms with Gasteiger partial charge >= 0.3 is 0 Å². The molecule has 1 aliphatic heterocycles. The van der Waals surface area contributed by atoms with E-state index < -0.39 is 0 Å². The molecule has 5 heteroatoms. The van der Waals surface area contributed by atoms with Gasteiger partial charge in [-0.15, -0.1) is 0 Å². The third-order valence-electron chi connectivity index (χ3n) is 3.63. The predicted octanol–water partition coefficient (Wildman–Crippen LogP) is 3.80. The Labute approximate surface area is 129 Å². The number of carbonyl (C=O) groups is 1. The molecule has 0 radical (unpaired) electrons. The van der Waals surface area contributed by atoms with E-state index >= 15 is 0 Å². The second-order valence-corrected chi connectivity index (χ2v) is 5.94. The Balaban J connectivity index is 1.93. The Kier molecular flexibility index (Phi) is 2.62. The first-order valence-electron chi connectivity index (χ1n) is 6.57. The van der Waals surface area contributed by atoms with Gasteiger partial charge in [0, 0.05) is 10.1 Å². The van der Waals surface area contributed by atoms with Gasteiger partial charge in [0.1, 0.15) is 5.71 Å². The number of Topliss-reactive ketones (excluding diaryl/α,β-unsaturated/α-hetero) is 1. The maximum atomic E-state index is 12.6. The molecule has 0 spiro atoms. The molecule has 3 aromatic rings. The van der Waals surface area contributed by atoms with Crippen LogP contribution in [0.3, 0.4) is 0 Å². The van der Waals surface area contributed by atoms with Crippen molar-refractivity contribution in [2.45, 2.75) is 0 Å². The first-order valence-corrected chi connectivity index (χ1v) is 7.39. The Hall–Kier alpha value is -2.97. The fraction of sp³-hybridized carbons (Fsp3) is 0. The average molecular weight is 304 g/mol. The van der Waals surface area contributed by atoms with Crippen LogP contribution in [-0.2, 0) is 0 Å². The SMILES string of the molecule is N#Cc1ccc2c(c1)C(=O)C(c1c(O)sc3ccccc13)=N2. The Bertz CT molecular complexity index is 1020. The lowest BCUT2D eigenvalue weighted by atomic mass is 10.0. The molecule has 4 rings (SSSR count). The number of benzene rings is 2. The fourth-order valence-corrected chi connectivity index (χ4v) is 3.56. The number of hydrogen-bond donors (Lipinski definition) is 1. The van der Waals surface area contributed by atoms with E-state index in [2.05, 4.69) is 4.99 Å². The maximum Gasteiger partial charge on any atom is 0.214 e. The number of ketones is 1. The van der Waals surface area contributed by atoms with E-state index in [0.717, 1.165) is 10.1 Å². The summed E-state index contributed by atoms with van der Waals surface area (Å²) in [7, 11) is 0. The number of fused-ring (bicyclic) bond motifs is 2. The minimum atomic E-state index is -0.258. The van der Waals surface area contributed by atoms with E-state index in [0.29, 0.717) is 22.4 Å². The highest BCUT2D eigenvalue weighted by molar-refractivity contribution is 7.21. The lowest BCUT2D eigenvalue weighted by Gasteiger charge is -1.99. The number of thiophene rings is 1. The number of nitriles is 1. The zero-order valence-corrected chi connectivity index (χ0v) is 12.0. The van der Waals surface area contributed by atoms with Crippen LogP contribution in [0.15, 0.2) is 47.5 Å². The van der Waals surface area contributed by atoms with Gasteiger partial charge in [0.05, 0.1) is 28.4 Å². The quantitative estimate of drug-likeness (QED) is 0.743. The molecule has 1 N–H and O–H groups in total. The lowest BCUT2D eigenvalue weighted by Crippen LogP contribution is -2.10. The van der Waals surface area contributed by atoms with Crippen molar-refractivity contribution in [1.82, 2.24) is 0 Å². The van der Waals surface area contributed by atoms with Gasteiger partial charge in [-0.3, -0.25) is 4.79 Å². The molecule has 0 amide bonds. The molecule has 0 aliphatic carbocycles. The summed E-state index contributed by atoms with van der Waals surface area (Å²) in [6.07, 6.45) is 0. The molecular weight excluding hydrogens is 296 g/mol. The fourth-order valence-electron chi connectivity index (χ4n) is 2.61. The first-order chi connectivity index (χ1) is 10.7. The van der Waals surface area contributed by atoms with Crippen LogP contribution in [0.1, 0.15) is 21.5 Å². The van der Waals surface area contributed by atoms with Crippen molar-refractivity contribution in [1.29, 1.82) is 5.26 Å². The zero-order chi connectivity index (χ0) is 15.3. The van der Waals surface area contributed by atoms with Crippen LogP contribution in [-0.4, -0.2) is 16.6 Å². The molecule has 0 bridgehead atoms. The summed E-state index contributed by atoms with van der Waals surface area (Å²) in [5.41, 5.74) is 2.07. The molecular formula is C17H8N2O2S. The zero-order valence-electron chi connectivity index (χ0n) is 11.2. The van der Waals surface area contributed by atoms with E-state index in [-0.39, 0.29) is 16.6 Å². The molecule has 4 nitrogen and oxygen atoms in total. The minimum absolute atomic E-state index is 0.0848. The summed E-state index contributed by atoms with van der Waals surface area (Å²) in [6, 6.07) is 14.3. The number of nitrogens with zero attached hydrogens (tertiary/aromatic N) is 2. The van der Waals surface area contributed by atoms with Gasteiger partial charge in [0.25, 0.3) is 0 Å². The number of rotatable bonds is 1. The smallest absolute Gasteiger partial charge is 0.214 e. The molecule has 2 aromatic carbocycles. The molecule has 1 aromatic heterocycles. The van der Waals surface area contributed by atoms with Crippen molar-refractivity contribution in [2.24, 2.45) is 4.99 Å². The average Bonchev–Trinajstić information content (AvgIpc) is 3.03. The Morgan fingerprint density at radius 3 is 2.82 bits per heavy atom. The summed E-state index contributed by atoms with van der Waals surface area (Å²) in [5, 5.41) is 20.1. The van der Waals surface area contributed by atoms with Crippen molar-refractivity contribution in [2.75, 3.05) is 0 Å². The number of aliphatic imine (C=N–C) groups is 1. The van der Waals surface area contributed by atoms with Crippen molar-refractivity contribution in [3.63, 3.8) is 0 Å². The van der Waals surface area contributed by atoms with Crippen molar-refractivity contribution < 1.29 is 9.90 Å². The topological polar surface area (TPSA) is 73.5 Å². The van der Waals surface area contributed by atoms with Gasteiger partial charge in [-0.25, -0.2) is 4.99 Å². The number of aromatic hydroxyl groups is 1. The summed E-state index contributed by atoms with van der Waals surface area (Å²) in [4.78, 5) is 17.0. The van der Waals surface area contributed by atoms with Gasteiger partial charge in [0.15, 0.2) is 5.06 Å². The van der Waals surface area contributed by atoms with E-state index in [4.69, 9.17) is 5.26 Å². The summed E-state index contributed by atoms with van der Waals surface area (Å²) in [6.45, 7) is 0. The summed E-state index contributed by atoms with van der Waals surface area (Å²) in [5.74, 6) is -0.258. The molecule has 0 saturated heterocycles. The normalized spacial score (nSPS) is 13.0. The van der Waals surface area contributed by atoms with Crippen molar-refractivity contribution in [3.8, 4) is 11.1 Å². The van der Waals surface area contributed by atoms with Crippen LogP contribution >= 0.6 is 11.3 Å². The lowest BCUT2D eigenvalue weighted by molar-refractivity contribution is 0.107. The van der Waals surface area contributed by atoms with Crippen LogP contribution in [0, 0.1) is 11.3 Å². The Morgan fingerprint density at radius 2 is 2.00 bits per heavy atom. The van der Waals surface area contributed by atoms with E-state index in [9.17, 15) is 9.90 Å².